The van der Waals surface area contributed by atoms with Gasteiger partial charge in [-0.15, -0.1) is 0 Å². The van der Waals surface area contributed by atoms with Crippen LogP contribution in [0.15, 0.2) is 0 Å². The summed E-state index contributed by atoms with van der Waals surface area (Å²) in [5.74, 6) is 0. The molecule has 3 N–H and O–H groups in total. The highest BCUT2D eigenvalue weighted by molar-refractivity contribution is 4.83. The van der Waals surface area contributed by atoms with Crippen LogP contribution in [0.5, 0.6) is 0 Å². The van der Waals surface area contributed by atoms with E-state index in [2.05, 4.69) is 6.92 Å². The van der Waals surface area contributed by atoms with Crippen molar-refractivity contribution in [1.29, 1.82) is 0 Å². The van der Waals surface area contributed by atoms with Gasteiger partial charge < -0.3 is 24.8 Å². The van der Waals surface area contributed by atoms with Crippen LogP contribution in [0.3, 0.4) is 0 Å². The second kappa shape index (κ2) is 8.00. The minimum atomic E-state index is -0.834. The molecule has 1 heterocycles. The fraction of sp³-hybridized carbons (Fsp3) is 1.00. The van der Waals surface area contributed by atoms with Crippen LogP contribution < -0.4 is 0 Å². The van der Waals surface area contributed by atoms with Gasteiger partial charge in [-0.05, 0) is 6.42 Å². The summed E-state index contributed by atoms with van der Waals surface area (Å²) in [4.78, 5) is 0. The first-order valence-electron chi connectivity index (χ1n) is 6.38. The van der Waals surface area contributed by atoms with Crippen molar-refractivity contribution in [3.05, 3.63) is 0 Å². The molecule has 1 aliphatic rings. The molecule has 0 spiro atoms. The molecule has 0 saturated carbocycles. The molecule has 5 heteroatoms. The first-order chi connectivity index (χ1) is 8.15. The molecule has 1 fully saturated rings. The van der Waals surface area contributed by atoms with E-state index in [0.29, 0.717) is 6.61 Å². The van der Waals surface area contributed by atoms with Gasteiger partial charge in [0, 0.05) is 13.0 Å². The molecule has 0 aromatic heterocycles. The first kappa shape index (κ1) is 14.9. The lowest BCUT2D eigenvalue weighted by Crippen LogP contribution is -2.49. The van der Waals surface area contributed by atoms with Crippen molar-refractivity contribution in [2.75, 3.05) is 19.8 Å². The highest BCUT2D eigenvalue weighted by atomic mass is 16.5. The van der Waals surface area contributed by atoms with Gasteiger partial charge in [-0.25, -0.2) is 0 Å². The standard InChI is InChI=1S/C12H24O5/c1-2-3-4-5-16-8-11(15)12-10(14)6-9(13)7-17-12/h9-15H,2-8H2,1H3/t9-,10?,11?,12-/m0/s1. The molecule has 0 amide bonds. The van der Waals surface area contributed by atoms with Gasteiger partial charge in [-0.1, -0.05) is 19.8 Å². The Labute approximate surface area is 102 Å². The number of rotatable bonds is 7. The summed E-state index contributed by atoms with van der Waals surface area (Å²) < 4.78 is 10.5. The van der Waals surface area contributed by atoms with E-state index in [9.17, 15) is 15.3 Å². The van der Waals surface area contributed by atoms with E-state index in [0.717, 1.165) is 19.3 Å². The lowest BCUT2D eigenvalue weighted by molar-refractivity contribution is -0.170. The monoisotopic (exact) mass is 248 g/mol. The fourth-order valence-corrected chi connectivity index (χ4v) is 1.93. The first-order valence-corrected chi connectivity index (χ1v) is 6.38. The SMILES string of the molecule is CCCCCOCC(O)[C@H]1OC[C@@H](O)CC1O. The molecule has 1 saturated heterocycles. The van der Waals surface area contributed by atoms with Gasteiger partial charge >= 0.3 is 0 Å². The Bertz CT molecular complexity index is 199. The molecule has 1 rings (SSSR count). The predicted octanol–water partition coefficient (Wildman–Crippen LogP) is 0.0648. The van der Waals surface area contributed by atoms with Gasteiger partial charge in [0.15, 0.2) is 0 Å². The molecule has 0 bridgehead atoms. The van der Waals surface area contributed by atoms with Gasteiger partial charge in [-0.3, -0.25) is 0 Å². The highest BCUT2D eigenvalue weighted by Crippen LogP contribution is 2.17. The van der Waals surface area contributed by atoms with Gasteiger partial charge in [0.05, 0.1) is 25.4 Å². The van der Waals surface area contributed by atoms with Gasteiger partial charge in [0.1, 0.15) is 12.2 Å². The molecule has 0 aromatic rings. The maximum atomic E-state index is 9.80. The van der Waals surface area contributed by atoms with Crippen LogP contribution in [0.4, 0.5) is 0 Å². The van der Waals surface area contributed by atoms with Crippen molar-refractivity contribution in [3.8, 4) is 0 Å². The summed E-state index contributed by atoms with van der Waals surface area (Å²) in [5, 5.41) is 28.7. The zero-order chi connectivity index (χ0) is 12.7. The Morgan fingerprint density at radius 1 is 1.35 bits per heavy atom. The third-order valence-electron chi connectivity index (χ3n) is 2.93. The van der Waals surface area contributed by atoms with Crippen LogP contribution in [0.1, 0.15) is 32.6 Å². The van der Waals surface area contributed by atoms with E-state index >= 15 is 0 Å². The van der Waals surface area contributed by atoms with Crippen LogP contribution in [0.25, 0.3) is 0 Å². The molecule has 102 valence electrons. The van der Waals surface area contributed by atoms with Crippen molar-refractivity contribution >= 4 is 0 Å². The van der Waals surface area contributed by atoms with E-state index in [-0.39, 0.29) is 19.6 Å². The molecular weight excluding hydrogens is 224 g/mol. The van der Waals surface area contributed by atoms with Crippen molar-refractivity contribution in [1.82, 2.24) is 0 Å². The Morgan fingerprint density at radius 2 is 2.12 bits per heavy atom. The van der Waals surface area contributed by atoms with Gasteiger partial charge in [0.25, 0.3) is 0 Å². The zero-order valence-corrected chi connectivity index (χ0v) is 10.4. The number of hydrogen-bond donors (Lipinski definition) is 3. The van der Waals surface area contributed by atoms with Crippen LogP contribution in [0, 0.1) is 0 Å². The summed E-state index contributed by atoms with van der Waals surface area (Å²) in [7, 11) is 0. The molecule has 0 aromatic carbocycles. The molecular formula is C12H24O5. The quantitative estimate of drug-likeness (QED) is 0.555. The van der Waals surface area contributed by atoms with Crippen molar-refractivity contribution in [2.45, 2.75) is 57.0 Å². The number of hydrogen-bond acceptors (Lipinski definition) is 5. The Balaban J connectivity index is 2.16. The number of unbranched alkanes of at least 4 members (excludes halogenated alkanes) is 2. The lowest BCUT2D eigenvalue weighted by Gasteiger charge is -2.33. The molecule has 1 aliphatic heterocycles. The summed E-state index contributed by atoms with van der Waals surface area (Å²) in [5.41, 5.74) is 0. The van der Waals surface area contributed by atoms with E-state index in [1.807, 2.05) is 0 Å². The lowest BCUT2D eigenvalue weighted by atomic mass is 10.00. The highest BCUT2D eigenvalue weighted by Gasteiger charge is 2.34. The number of aliphatic hydroxyl groups excluding tert-OH is 3. The Kier molecular flexibility index (Phi) is 6.99. The molecule has 4 atom stereocenters. The molecule has 0 radical (unpaired) electrons. The molecule has 0 aliphatic carbocycles. The minimum absolute atomic E-state index is 0.161. The molecule has 2 unspecified atom stereocenters. The van der Waals surface area contributed by atoms with Crippen molar-refractivity contribution in [2.24, 2.45) is 0 Å². The third kappa shape index (κ3) is 5.31. The van der Waals surface area contributed by atoms with Crippen LogP contribution in [-0.2, 0) is 9.47 Å². The third-order valence-corrected chi connectivity index (χ3v) is 2.93. The summed E-state index contributed by atoms with van der Waals surface area (Å²) in [6.07, 6.45) is 0.530. The predicted molar refractivity (Wildman–Crippen MR) is 62.7 cm³/mol. The van der Waals surface area contributed by atoms with E-state index in [1.54, 1.807) is 0 Å². The second-order valence-electron chi connectivity index (χ2n) is 4.60. The maximum absolute atomic E-state index is 9.80. The van der Waals surface area contributed by atoms with Crippen molar-refractivity contribution in [3.63, 3.8) is 0 Å². The summed E-state index contributed by atoms with van der Waals surface area (Å²) in [6, 6.07) is 0. The van der Waals surface area contributed by atoms with Crippen molar-refractivity contribution < 1.29 is 24.8 Å². The largest absolute Gasteiger partial charge is 0.391 e. The van der Waals surface area contributed by atoms with Gasteiger partial charge in [0.2, 0.25) is 0 Å². The van der Waals surface area contributed by atoms with Gasteiger partial charge in [-0.2, -0.15) is 0 Å². The topological polar surface area (TPSA) is 79.2 Å². The summed E-state index contributed by atoms with van der Waals surface area (Å²) >= 11 is 0. The Hall–Kier alpha value is -0.200. The summed E-state index contributed by atoms with van der Waals surface area (Å²) in [6.45, 7) is 3.07. The van der Waals surface area contributed by atoms with E-state index in [4.69, 9.17) is 9.47 Å². The average molecular weight is 248 g/mol. The van der Waals surface area contributed by atoms with Crippen LogP contribution in [-0.4, -0.2) is 59.6 Å². The van der Waals surface area contributed by atoms with E-state index < -0.39 is 24.4 Å². The normalized spacial score (nSPS) is 31.4. The second-order valence-corrected chi connectivity index (χ2v) is 4.60. The number of aliphatic hydroxyl groups is 3. The molecule has 5 nitrogen and oxygen atoms in total. The van der Waals surface area contributed by atoms with E-state index in [1.165, 1.54) is 0 Å². The Morgan fingerprint density at radius 3 is 2.76 bits per heavy atom. The average Bonchev–Trinajstić information content (AvgIpc) is 2.28. The maximum Gasteiger partial charge on any atom is 0.112 e. The van der Waals surface area contributed by atoms with Crippen LogP contribution in [0.2, 0.25) is 0 Å². The van der Waals surface area contributed by atoms with Crippen LogP contribution >= 0.6 is 0 Å². The fourth-order valence-electron chi connectivity index (χ4n) is 1.93. The zero-order valence-electron chi connectivity index (χ0n) is 10.4. The minimum Gasteiger partial charge on any atom is -0.391 e. The smallest absolute Gasteiger partial charge is 0.112 e. The molecule has 17 heavy (non-hydrogen) atoms. The number of ether oxygens (including phenoxy) is 2.